The van der Waals surface area contributed by atoms with E-state index >= 15 is 0 Å². The Hall–Kier alpha value is -1.27. The van der Waals surface area contributed by atoms with Gasteiger partial charge in [-0.1, -0.05) is 51.6 Å². The van der Waals surface area contributed by atoms with E-state index in [2.05, 4.69) is 62.4 Å². The molecule has 1 saturated carbocycles. The molecule has 4 aliphatic rings. The zero-order valence-electron chi connectivity index (χ0n) is 17.0. The van der Waals surface area contributed by atoms with Gasteiger partial charge in [0.2, 0.25) is 5.91 Å². The Morgan fingerprint density at radius 3 is 2.58 bits per heavy atom. The summed E-state index contributed by atoms with van der Waals surface area (Å²) in [6.07, 6.45) is 11.4. The fourth-order valence-corrected chi connectivity index (χ4v) is 6.72. The van der Waals surface area contributed by atoms with Crippen LogP contribution in [0.5, 0.6) is 0 Å². The second-order valence-electron chi connectivity index (χ2n) is 10.5. The number of carbonyl (C=O) groups excluding carboxylic acids is 1. The fourth-order valence-electron chi connectivity index (χ4n) is 6.21. The van der Waals surface area contributed by atoms with Crippen LogP contribution in [0.4, 0.5) is 0 Å². The molecule has 1 heterocycles. The summed E-state index contributed by atoms with van der Waals surface area (Å²) < 4.78 is 0. The molecule has 2 nitrogen and oxygen atoms in total. The van der Waals surface area contributed by atoms with Gasteiger partial charge in [0, 0.05) is 28.5 Å². The first-order valence-corrected chi connectivity index (χ1v) is 13.9. The van der Waals surface area contributed by atoms with E-state index in [1.54, 1.807) is 0 Å². The Bertz CT molecular complexity index is 761. The molecule has 26 heavy (non-hydrogen) atoms. The van der Waals surface area contributed by atoms with Crippen LogP contribution in [0.2, 0.25) is 19.6 Å². The maximum atomic E-state index is 11.9. The third-order valence-corrected chi connectivity index (χ3v) is 8.64. The van der Waals surface area contributed by atoms with Gasteiger partial charge in [0.25, 0.3) is 0 Å². The van der Waals surface area contributed by atoms with E-state index in [-0.39, 0.29) is 16.7 Å². The molecule has 1 saturated heterocycles. The fraction of sp³-hybridized carbons (Fsp3) is 0.696. The summed E-state index contributed by atoms with van der Waals surface area (Å²) in [7, 11) is -1.34. The van der Waals surface area contributed by atoms with Crippen LogP contribution in [0.3, 0.4) is 0 Å². The zero-order chi connectivity index (χ0) is 18.7. The average molecular weight is 368 g/mol. The van der Waals surface area contributed by atoms with Crippen molar-refractivity contribution in [2.24, 2.45) is 28.6 Å². The number of carbonyl (C=O) groups is 1. The molecule has 0 bridgehead atoms. The number of fused-ring (bicyclic) bond motifs is 5. The van der Waals surface area contributed by atoms with Crippen LogP contribution in [0.25, 0.3) is 0 Å². The highest BCUT2D eigenvalue weighted by Crippen LogP contribution is 2.63. The smallest absolute Gasteiger partial charge is 0.224 e. The van der Waals surface area contributed by atoms with Crippen LogP contribution in [-0.2, 0) is 4.79 Å². The van der Waals surface area contributed by atoms with Gasteiger partial charge in [-0.3, -0.25) is 4.79 Å². The maximum Gasteiger partial charge on any atom is 0.224 e. The zero-order valence-corrected chi connectivity index (χ0v) is 18.0. The number of hydrogen-bond donors (Lipinski definition) is 1. The summed E-state index contributed by atoms with van der Waals surface area (Å²) in [5, 5.41) is 3.20. The first kappa shape index (κ1) is 18.1. The lowest BCUT2D eigenvalue weighted by molar-refractivity contribution is -0.124. The van der Waals surface area contributed by atoms with Gasteiger partial charge in [0.05, 0.1) is 0 Å². The number of piperidine rings is 1. The van der Waals surface area contributed by atoms with Crippen molar-refractivity contribution in [3.8, 4) is 11.5 Å². The summed E-state index contributed by atoms with van der Waals surface area (Å²) in [6.45, 7) is 11.9. The van der Waals surface area contributed by atoms with Crippen LogP contribution in [0, 0.1) is 40.0 Å². The van der Waals surface area contributed by atoms with Crippen molar-refractivity contribution in [1.29, 1.82) is 0 Å². The van der Waals surface area contributed by atoms with Gasteiger partial charge in [-0.25, -0.2) is 0 Å². The van der Waals surface area contributed by atoms with Crippen LogP contribution in [-0.4, -0.2) is 14.0 Å². The second kappa shape index (κ2) is 5.86. The minimum Gasteiger partial charge on any atom is -0.330 e. The quantitative estimate of drug-likeness (QED) is 0.471. The van der Waals surface area contributed by atoms with Crippen LogP contribution in [0.1, 0.15) is 52.4 Å². The molecule has 2 fully saturated rings. The maximum absolute atomic E-state index is 11.9. The molecule has 1 N–H and O–H groups in total. The minimum atomic E-state index is -1.34. The van der Waals surface area contributed by atoms with E-state index < -0.39 is 8.07 Å². The topological polar surface area (TPSA) is 29.1 Å². The van der Waals surface area contributed by atoms with Gasteiger partial charge in [0.1, 0.15) is 8.07 Å². The summed E-state index contributed by atoms with van der Waals surface area (Å²) in [5.41, 5.74) is 6.71. The summed E-state index contributed by atoms with van der Waals surface area (Å²) >= 11 is 0. The highest BCUT2D eigenvalue weighted by atomic mass is 28.3. The monoisotopic (exact) mass is 367 g/mol. The van der Waals surface area contributed by atoms with E-state index in [4.69, 9.17) is 0 Å². The third-order valence-electron chi connectivity index (χ3n) is 7.76. The molecule has 0 aromatic rings. The van der Waals surface area contributed by atoms with Crippen molar-refractivity contribution in [3.63, 3.8) is 0 Å². The molecule has 0 aromatic heterocycles. The van der Waals surface area contributed by atoms with E-state index in [0.29, 0.717) is 12.3 Å². The highest BCUT2D eigenvalue weighted by Gasteiger charge is 2.56. The van der Waals surface area contributed by atoms with Gasteiger partial charge < -0.3 is 5.32 Å². The Morgan fingerprint density at radius 2 is 1.85 bits per heavy atom. The molecule has 5 atom stereocenters. The second-order valence-corrected chi connectivity index (χ2v) is 15.3. The molecule has 3 heteroatoms. The molecule has 4 rings (SSSR count). The third kappa shape index (κ3) is 2.73. The molecule has 0 aromatic carbocycles. The van der Waals surface area contributed by atoms with E-state index in [1.807, 2.05) is 0 Å². The first-order chi connectivity index (χ1) is 12.1. The predicted octanol–water partition coefficient (Wildman–Crippen LogP) is 5.05. The number of amides is 1. The predicted molar refractivity (Wildman–Crippen MR) is 110 cm³/mol. The lowest BCUT2D eigenvalue weighted by Crippen LogP contribution is -2.53. The van der Waals surface area contributed by atoms with Gasteiger partial charge in [-0.2, -0.15) is 0 Å². The lowest BCUT2D eigenvalue weighted by atomic mass is 9.49. The molecule has 140 valence electrons. The Labute approximate surface area is 159 Å². The normalized spacial score (nSPS) is 41.6. The molecule has 1 amide bonds. The van der Waals surface area contributed by atoms with Gasteiger partial charge >= 0.3 is 0 Å². The van der Waals surface area contributed by atoms with Crippen LogP contribution in [0.15, 0.2) is 23.4 Å². The summed E-state index contributed by atoms with van der Waals surface area (Å²) in [5.74, 6) is 6.00. The average Bonchev–Trinajstić information content (AvgIpc) is 2.89. The summed E-state index contributed by atoms with van der Waals surface area (Å²) in [4.78, 5) is 11.9. The SMILES string of the molecule is C[C@]12CCC(=O)NC1=CC[C@@H]1[C@@H]2CC[C@]2(C)C(C#C[Si](C)(C)C)=CC[C@@H]12. The molecule has 0 unspecified atom stereocenters. The number of nitrogens with one attached hydrogen (secondary N) is 1. The van der Waals surface area contributed by atoms with Crippen molar-refractivity contribution in [1.82, 2.24) is 5.32 Å². The molecular formula is C23H33NOSi. The van der Waals surface area contributed by atoms with E-state index in [1.165, 1.54) is 30.5 Å². The summed E-state index contributed by atoms with van der Waals surface area (Å²) in [6, 6.07) is 0. The molecule has 3 aliphatic carbocycles. The van der Waals surface area contributed by atoms with E-state index in [9.17, 15) is 4.79 Å². The Morgan fingerprint density at radius 1 is 1.08 bits per heavy atom. The Balaban J connectivity index is 1.63. The number of hydrogen-bond acceptors (Lipinski definition) is 1. The molecular weight excluding hydrogens is 334 g/mol. The Kier molecular flexibility index (Phi) is 4.08. The van der Waals surface area contributed by atoms with Crippen LogP contribution >= 0.6 is 0 Å². The van der Waals surface area contributed by atoms with E-state index in [0.717, 1.165) is 24.7 Å². The van der Waals surface area contributed by atoms with Gasteiger partial charge in [-0.15, -0.1) is 5.54 Å². The number of rotatable bonds is 0. The standard InChI is InChI=1S/C23H33NOSi/c1-22-13-10-19-17(7-9-20-23(19,2)14-11-21(25)24-20)18(22)8-6-16(22)12-15-26(3,4)5/h6,9,17-19H,7-8,10-11,13-14H2,1-5H3,(H,24,25)/t17-,18-,19-,22+,23+/m0/s1. The molecule has 0 radical (unpaired) electrons. The highest BCUT2D eigenvalue weighted by molar-refractivity contribution is 6.83. The van der Waals surface area contributed by atoms with Crippen molar-refractivity contribution in [2.45, 2.75) is 72.0 Å². The van der Waals surface area contributed by atoms with Crippen LogP contribution < -0.4 is 5.32 Å². The first-order valence-electron chi connectivity index (χ1n) is 10.4. The number of allylic oxidation sites excluding steroid dienone is 4. The van der Waals surface area contributed by atoms with Crippen molar-refractivity contribution >= 4 is 14.0 Å². The molecule has 1 aliphatic heterocycles. The van der Waals surface area contributed by atoms with Gasteiger partial charge in [0.15, 0.2) is 0 Å². The minimum absolute atomic E-state index is 0.172. The van der Waals surface area contributed by atoms with Crippen molar-refractivity contribution < 1.29 is 4.79 Å². The molecule has 0 spiro atoms. The lowest BCUT2D eigenvalue weighted by Gasteiger charge is -2.56. The largest absolute Gasteiger partial charge is 0.330 e. The van der Waals surface area contributed by atoms with Crippen molar-refractivity contribution in [2.75, 3.05) is 0 Å². The van der Waals surface area contributed by atoms with Gasteiger partial charge in [-0.05, 0) is 49.9 Å². The van der Waals surface area contributed by atoms with Crippen molar-refractivity contribution in [3.05, 3.63) is 23.4 Å².